The fraction of sp³-hybridized carbons (Fsp3) is 0.583. The van der Waals surface area contributed by atoms with Gasteiger partial charge in [0, 0.05) is 24.5 Å². The summed E-state index contributed by atoms with van der Waals surface area (Å²) in [6.07, 6.45) is 0. The van der Waals surface area contributed by atoms with Crippen molar-refractivity contribution >= 4 is 27.3 Å². The fourth-order valence-corrected chi connectivity index (χ4v) is 4.22. The van der Waals surface area contributed by atoms with Crippen LogP contribution in [-0.4, -0.2) is 58.7 Å². The Balaban J connectivity index is 1.81. The van der Waals surface area contributed by atoms with E-state index in [4.69, 9.17) is 10.5 Å². The van der Waals surface area contributed by atoms with Crippen molar-refractivity contribution in [1.29, 1.82) is 0 Å². The third-order valence-electron chi connectivity index (χ3n) is 2.99. The van der Waals surface area contributed by atoms with Gasteiger partial charge in [-0.15, -0.1) is 11.3 Å². The first-order chi connectivity index (χ1) is 9.99. The number of nitrogens with one attached hydrogen (secondary N) is 1. The van der Waals surface area contributed by atoms with Crippen molar-refractivity contribution < 1.29 is 13.2 Å². The van der Waals surface area contributed by atoms with E-state index in [-0.39, 0.29) is 6.54 Å². The van der Waals surface area contributed by atoms with E-state index in [1.165, 1.54) is 11.3 Å². The molecule has 1 aliphatic heterocycles. The van der Waals surface area contributed by atoms with Gasteiger partial charge in [0.05, 0.1) is 19.8 Å². The van der Waals surface area contributed by atoms with Crippen LogP contribution < -0.4 is 10.5 Å². The van der Waals surface area contributed by atoms with Crippen LogP contribution in [-0.2, 0) is 14.8 Å². The number of aryl methyl sites for hydroxylation is 1. The number of aliphatic imine (C=N–C) groups is 1. The van der Waals surface area contributed by atoms with E-state index in [0.717, 1.165) is 18.0 Å². The van der Waals surface area contributed by atoms with Crippen molar-refractivity contribution in [1.82, 2.24) is 9.62 Å². The molecule has 1 saturated heterocycles. The molecule has 0 aliphatic carbocycles. The van der Waals surface area contributed by atoms with E-state index in [1.807, 2.05) is 11.8 Å². The van der Waals surface area contributed by atoms with Gasteiger partial charge in [0.1, 0.15) is 4.21 Å². The first-order valence-electron chi connectivity index (χ1n) is 6.68. The molecule has 0 unspecified atom stereocenters. The highest BCUT2D eigenvalue weighted by Crippen LogP contribution is 2.19. The number of nitrogens with zero attached hydrogens (tertiary/aromatic N) is 2. The summed E-state index contributed by atoms with van der Waals surface area (Å²) in [4.78, 5) is 7.09. The Kier molecular flexibility index (Phi) is 5.57. The molecule has 0 amide bonds. The first-order valence-corrected chi connectivity index (χ1v) is 8.98. The van der Waals surface area contributed by atoms with Crippen LogP contribution >= 0.6 is 11.3 Å². The molecule has 1 aromatic heterocycles. The minimum Gasteiger partial charge on any atom is -0.378 e. The minimum absolute atomic E-state index is 0.227. The summed E-state index contributed by atoms with van der Waals surface area (Å²) in [5.41, 5.74) is 5.86. The van der Waals surface area contributed by atoms with E-state index in [0.29, 0.717) is 29.9 Å². The lowest BCUT2D eigenvalue weighted by atomic mass is 10.4. The van der Waals surface area contributed by atoms with Gasteiger partial charge in [0.15, 0.2) is 5.96 Å². The van der Waals surface area contributed by atoms with E-state index in [9.17, 15) is 8.42 Å². The third-order valence-corrected chi connectivity index (χ3v) is 5.95. The SMILES string of the molecule is Cc1ccc(S(=O)(=O)NCCN=C(N)N2CCOCC2)s1. The summed E-state index contributed by atoms with van der Waals surface area (Å²) in [7, 11) is -3.44. The molecule has 118 valence electrons. The maximum Gasteiger partial charge on any atom is 0.250 e. The molecule has 9 heteroatoms. The van der Waals surface area contributed by atoms with Crippen LogP contribution in [0.1, 0.15) is 4.88 Å². The number of guanidine groups is 1. The van der Waals surface area contributed by atoms with Gasteiger partial charge in [-0.25, -0.2) is 13.1 Å². The molecule has 0 radical (unpaired) electrons. The molecule has 2 heterocycles. The van der Waals surface area contributed by atoms with Gasteiger partial charge < -0.3 is 15.4 Å². The van der Waals surface area contributed by atoms with Crippen molar-refractivity contribution in [3.63, 3.8) is 0 Å². The molecule has 3 N–H and O–H groups in total. The number of hydrogen-bond donors (Lipinski definition) is 2. The van der Waals surface area contributed by atoms with E-state index in [1.54, 1.807) is 12.1 Å². The molecule has 0 bridgehead atoms. The van der Waals surface area contributed by atoms with Crippen molar-refractivity contribution in [3.8, 4) is 0 Å². The standard InChI is InChI=1S/C12H20N4O3S2/c1-10-2-3-11(20-10)21(17,18)15-5-4-14-12(13)16-6-8-19-9-7-16/h2-3,15H,4-9H2,1H3,(H2,13,14). The Morgan fingerprint density at radius 1 is 1.48 bits per heavy atom. The first kappa shape index (κ1) is 16.2. The predicted molar refractivity (Wildman–Crippen MR) is 83.1 cm³/mol. The molecule has 0 spiro atoms. The summed E-state index contributed by atoms with van der Waals surface area (Å²) >= 11 is 1.25. The highest BCUT2D eigenvalue weighted by molar-refractivity contribution is 7.91. The maximum atomic E-state index is 12.0. The largest absolute Gasteiger partial charge is 0.378 e. The van der Waals surface area contributed by atoms with Crippen molar-refractivity contribution in [3.05, 3.63) is 17.0 Å². The molecule has 1 fully saturated rings. The lowest BCUT2D eigenvalue weighted by molar-refractivity contribution is 0.0674. The van der Waals surface area contributed by atoms with Crippen LogP contribution in [0.5, 0.6) is 0 Å². The van der Waals surface area contributed by atoms with Gasteiger partial charge in [-0.3, -0.25) is 4.99 Å². The number of nitrogens with two attached hydrogens (primary N) is 1. The van der Waals surface area contributed by atoms with Crippen LogP contribution in [0.4, 0.5) is 0 Å². The maximum absolute atomic E-state index is 12.0. The molecule has 7 nitrogen and oxygen atoms in total. The second-order valence-corrected chi connectivity index (χ2v) is 7.88. The molecule has 2 rings (SSSR count). The smallest absolute Gasteiger partial charge is 0.250 e. The molecule has 0 aromatic carbocycles. The molecule has 1 aliphatic rings. The number of sulfonamides is 1. The second kappa shape index (κ2) is 7.21. The Bertz CT molecular complexity index is 591. The molecule has 21 heavy (non-hydrogen) atoms. The third kappa shape index (κ3) is 4.67. The Morgan fingerprint density at radius 3 is 2.81 bits per heavy atom. The molecule has 0 atom stereocenters. The van der Waals surface area contributed by atoms with E-state index < -0.39 is 10.0 Å². The van der Waals surface area contributed by atoms with Crippen molar-refractivity contribution in [2.45, 2.75) is 11.1 Å². The number of rotatable bonds is 5. The number of ether oxygens (including phenoxy) is 1. The zero-order chi connectivity index (χ0) is 15.3. The minimum atomic E-state index is -3.44. The summed E-state index contributed by atoms with van der Waals surface area (Å²) in [5, 5.41) is 0. The topological polar surface area (TPSA) is 97.0 Å². The quantitative estimate of drug-likeness (QED) is 0.449. The molecule has 0 saturated carbocycles. The van der Waals surface area contributed by atoms with E-state index >= 15 is 0 Å². The Hall–Kier alpha value is -1.16. The fourth-order valence-electron chi connectivity index (χ4n) is 1.87. The summed E-state index contributed by atoms with van der Waals surface area (Å²) in [6.45, 7) is 5.13. The number of morpholine rings is 1. The van der Waals surface area contributed by atoms with Gasteiger partial charge in [0.25, 0.3) is 0 Å². The zero-order valence-electron chi connectivity index (χ0n) is 11.9. The summed E-state index contributed by atoms with van der Waals surface area (Å²) in [6, 6.07) is 3.39. The van der Waals surface area contributed by atoms with Gasteiger partial charge in [0.2, 0.25) is 10.0 Å². The predicted octanol–water partition coefficient (Wildman–Crippen LogP) is -0.0183. The average molecular weight is 332 g/mol. The highest BCUT2D eigenvalue weighted by atomic mass is 32.2. The van der Waals surface area contributed by atoms with Crippen LogP contribution in [0.2, 0.25) is 0 Å². The monoisotopic (exact) mass is 332 g/mol. The molecular formula is C12H20N4O3S2. The van der Waals surface area contributed by atoms with Crippen LogP contribution in [0.25, 0.3) is 0 Å². The van der Waals surface area contributed by atoms with Gasteiger partial charge in [-0.1, -0.05) is 0 Å². The van der Waals surface area contributed by atoms with Crippen molar-refractivity contribution in [2.75, 3.05) is 39.4 Å². The lowest BCUT2D eigenvalue weighted by Gasteiger charge is -2.27. The van der Waals surface area contributed by atoms with Crippen LogP contribution in [0.15, 0.2) is 21.3 Å². The van der Waals surface area contributed by atoms with Crippen molar-refractivity contribution in [2.24, 2.45) is 10.7 Å². The normalized spacial score (nSPS) is 17.2. The summed E-state index contributed by atoms with van der Waals surface area (Å²) < 4.78 is 32.0. The Labute approximate surface area is 128 Å². The Morgan fingerprint density at radius 2 is 2.19 bits per heavy atom. The van der Waals surface area contributed by atoms with Crippen LogP contribution in [0.3, 0.4) is 0 Å². The van der Waals surface area contributed by atoms with Gasteiger partial charge in [-0.2, -0.15) is 0 Å². The second-order valence-electron chi connectivity index (χ2n) is 4.60. The van der Waals surface area contributed by atoms with E-state index in [2.05, 4.69) is 9.71 Å². The highest BCUT2D eigenvalue weighted by Gasteiger charge is 2.15. The van der Waals surface area contributed by atoms with Crippen LogP contribution in [0, 0.1) is 6.92 Å². The molecular weight excluding hydrogens is 312 g/mol. The zero-order valence-corrected chi connectivity index (χ0v) is 13.5. The molecule has 1 aromatic rings. The summed E-state index contributed by atoms with van der Waals surface area (Å²) in [5.74, 6) is 0.435. The number of thiophene rings is 1. The van der Waals surface area contributed by atoms with Gasteiger partial charge in [-0.05, 0) is 19.1 Å². The lowest BCUT2D eigenvalue weighted by Crippen LogP contribution is -2.45. The number of hydrogen-bond acceptors (Lipinski definition) is 5. The average Bonchev–Trinajstić information content (AvgIpc) is 2.92. The van der Waals surface area contributed by atoms with Gasteiger partial charge >= 0.3 is 0 Å².